The maximum Gasteiger partial charge on any atom is 0.240 e. The van der Waals surface area contributed by atoms with E-state index < -0.39 is 11.9 Å². The van der Waals surface area contributed by atoms with Gasteiger partial charge in [0, 0.05) is 62.7 Å². The second-order valence-electron chi connectivity index (χ2n) is 9.31. The van der Waals surface area contributed by atoms with Gasteiger partial charge < -0.3 is 21.3 Å². The van der Waals surface area contributed by atoms with Gasteiger partial charge in [0.05, 0.1) is 0 Å². The summed E-state index contributed by atoms with van der Waals surface area (Å²) in [5, 5.41) is 0. The van der Waals surface area contributed by atoms with Crippen molar-refractivity contribution in [3.05, 3.63) is 0 Å². The van der Waals surface area contributed by atoms with Crippen LogP contribution in [-0.4, -0.2) is 59.2 Å². The van der Waals surface area contributed by atoms with Crippen LogP contribution in [0.15, 0.2) is 0 Å². The number of hydrogen-bond acceptors (Lipinski definition) is 4. The van der Waals surface area contributed by atoms with Gasteiger partial charge in [-0.2, -0.15) is 0 Å². The molecular weight excluding hydrogens is 428 g/mol. The molecule has 0 spiro atoms. The average molecular weight is 473 g/mol. The largest absolute Gasteiger partial charge is 0.368 e. The van der Waals surface area contributed by atoms with E-state index in [1.54, 1.807) is 4.90 Å². The second-order valence-corrected chi connectivity index (χ2v) is 9.31. The van der Waals surface area contributed by atoms with Gasteiger partial charge in [-0.3, -0.25) is 14.4 Å². The number of carbonyl (C=O) groups excluding carboxylic acids is 3. The van der Waals surface area contributed by atoms with Crippen LogP contribution >= 0.6 is 0 Å². The van der Waals surface area contributed by atoms with Crippen LogP contribution in [0.5, 0.6) is 0 Å². The van der Waals surface area contributed by atoms with Crippen LogP contribution in [-0.2, 0) is 14.4 Å². The molecule has 2 aliphatic rings. The fourth-order valence-electron chi connectivity index (χ4n) is 4.25. The van der Waals surface area contributed by atoms with Crippen LogP contribution in [0.2, 0.25) is 0 Å². The van der Waals surface area contributed by atoms with E-state index >= 15 is 0 Å². The van der Waals surface area contributed by atoms with Gasteiger partial charge in [0.2, 0.25) is 17.7 Å². The van der Waals surface area contributed by atoms with Gasteiger partial charge >= 0.3 is 0 Å². The minimum atomic E-state index is -0.478. The van der Waals surface area contributed by atoms with E-state index in [0.29, 0.717) is 44.2 Å². The quantitative estimate of drug-likeness (QED) is 0.579. The minimum absolute atomic E-state index is 0.0187. The summed E-state index contributed by atoms with van der Waals surface area (Å²) >= 11 is 0. The molecule has 3 amide bonds. The van der Waals surface area contributed by atoms with Gasteiger partial charge in [0.15, 0.2) is 0 Å². The van der Waals surface area contributed by atoms with Crippen LogP contribution in [0, 0.1) is 41.4 Å². The number of likely N-dealkylation sites (tertiary alicyclic amines) is 2. The van der Waals surface area contributed by atoms with Gasteiger partial charge in [-0.05, 0) is 25.7 Å². The lowest BCUT2D eigenvalue weighted by Crippen LogP contribution is -2.51. The highest BCUT2D eigenvalue weighted by Crippen LogP contribution is 2.21. The number of nitrogens with zero attached hydrogens (tertiary/aromatic N) is 2. The van der Waals surface area contributed by atoms with Gasteiger partial charge in [-0.15, -0.1) is 11.8 Å². The van der Waals surface area contributed by atoms with E-state index in [9.17, 15) is 14.4 Å². The highest BCUT2D eigenvalue weighted by Gasteiger charge is 2.32. The van der Waals surface area contributed by atoms with Gasteiger partial charge in [0.1, 0.15) is 6.04 Å². The molecule has 2 aliphatic heterocycles. The first-order chi connectivity index (χ1) is 16.2. The molecule has 0 aromatic rings. The summed E-state index contributed by atoms with van der Waals surface area (Å²) in [7, 11) is 0. The number of piperidine rings is 2. The van der Waals surface area contributed by atoms with E-state index in [1.165, 1.54) is 0 Å². The average Bonchev–Trinajstić information content (AvgIpc) is 2.81. The van der Waals surface area contributed by atoms with E-state index in [4.69, 9.17) is 11.5 Å². The van der Waals surface area contributed by atoms with Crippen LogP contribution in [0.3, 0.4) is 0 Å². The number of carbonyl (C=O) groups is 3. The highest BCUT2D eigenvalue weighted by molar-refractivity contribution is 5.87. The van der Waals surface area contributed by atoms with Crippen molar-refractivity contribution in [2.75, 3.05) is 19.6 Å². The molecule has 0 aliphatic carbocycles. The van der Waals surface area contributed by atoms with Crippen molar-refractivity contribution in [3.8, 4) is 23.7 Å². The van der Waals surface area contributed by atoms with Gasteiger partial charge in [-0.25, -0.2) is 0 Å². The van der Waals surface area contributed by atoms with Crippen molar-refractivity contribution in [2.45, 2.75) is 91.6 Å². The van der Waals surface area contributed by atoms with Crippen molar-refractivity contribution in [1.29, 1.82) is 0 Å². The lowest BCUT2D eigenvalue weighted by atomic mass is 9.95. The fraction of sp³-hybridized carbons (Fsp3) is 0.741. The zero-order valence-electron chi connectivity index (χ0n) is 21.7. The molecule has 0 aromatic carbocycles. The molecule has 2 heterocycles. The zero-order valence-corrected chi connectivity index (χ0v) is 21.7. The van der Waals surface area contributed by atoms with Crippen LogP contribution < -0.4 is 11.5 Å². The molecule has 2 fully saturated rings. The Morgan fingerprint density at radius 2 is 1.53 bits per heavy atom. The Bertz CT molecular complexity index is 798. The fourth-order valence-corrected chi connectivity index (χ4v) is 4.25. The van der Waals surface area contributed by atoms with E-state index in [0.717, 1.165) is 32.2 Å². The van der Waals surface area contributed by atoms with Crippen molar-refractivity contribution in [1.82, 2.24) is 9.80 Å². The second kappa shape index (κ2) is 15.4. The predicted molar refractivity (Wildman–Crippen MR) is 136 cm³/mol. The van der Waals surface area contributed by atoms with Crippen molar-refractivity contribution in [3.63, 3.8) is 0 Å². The number of rotatable bonds is 6. The van der Waals surface area contributed by atoms with Gasteiger partial charge in [-0.1, -0.05) is 46.5 Å². The van der Waals surface area contributed by atoms with Crippen molar-refractivity contribution >= 4 is 17.7 Å². The Kier molecular flexibility index (Phi) is 13.4. The molecule has 2 saturated heterocycles. The molecule has 2 rings (SSSR count). The Hall–Kier alpha value is -2.51. The van der Waals surface area contributed by atoms with Crippen LogP contribution in [0.4, 0.5) is 0 Å². The SMILES string of the molecule is CCC#CC1CCC(=O)N(C(CC)C(N)=O)C1.CCC(CN)N1CC(C#CC(C)C)CCC1=O. The topological polar surface area (TPSA) is 110 Å². The molecule has 0 radical (unpaired) electrons. The Labute approximate surface area is 206 Å². The third-order valence-corrected chi connectivity index (χ3v) is 6.22. The third kappa shape index (κ3) is 9.39. The maximum absolute atomic E-state index is 11.9. The first kappa shape index (κ1) is 29.5. The summed E-state index contributed by atoms with van der Waals surface area (Å²) < 4.78 is 0. The lowest BCUT2D eigenvalue weighted by molar-refractivity contribution is -0.142. The molecule has 0 saturated carbocycles. The molecule has 7 heteroatoms. The Morgan fingerprint density at radius 3 is 2.00 bits per heavy atom. The molecule has 7 nitrogen and oxygen atoms in total. The number of amides is 3. The van der Waals surface area contributed by atoms with E-state index in [2.05, 4.69) is 44.5 Å². The summed E-state index contributed by atoms with van der Waals surface area (Å²) in [5.41, 5.74) is 11.0. The predicted octanol–water partition coefficient (Wildman–Crippen LogP) is 2.52. The summed E-state index contributed by atoms with van der Waals surface area (Å²) in [6.07, 6.45) is 5.08. The number of primary amides is 1. The summed E-state index contributed by atoms with van der Waals surface area (Å²) in [5.74, 6) is 13.4. The van der Waals surface area contributed by atoms with Gasteiger partial charge in [0.25, 0.3) is 0 Å². The zero-order chi connectivity index (χ0) is 25.7. The first-order valence-electron chi connectivity index (χ1n) is 12.8. The molecule has 4 N–H and O–H groups in total. The molecule has 0 aromatic heterocycles. The number of nitrogens with two attached hydrogens (primary N) is 2. The Balaban J connectivity index is 0.000000340. The summed E-state index contributed by atoms with van der Waals surface area (Å²) in [6.45, 7) is 12.0. The van der Waals surface area contributed by atoms with Crippen LogP contribution in [0.1, 0.15) is 79.6 Å². The molecular formula is C27H44N4O3. The molecule has 0 bridgehead atoms. The Morgan fingerprint density at radius 1 is 0.971 bits per heavy atom. The smallest absolute Gasteiger partial charge is 0.240 e. The lowest BCUT2D eigenvalue weighted by Gasteiger charge is -2.36. The first-order valence-corrected chi connectivity index (χ1v) is 12.8. The minimum Gasteiger partial charge on any atom is -0.368 e. The third-order valence-electron chi connectivity index (χ3n) is 6.22. The van der Waals surface area contributed by atoms with Crippen molar-refractivity contribution < 1.29 is 14.4 Å². The molecule has 34 heavy (non-hydrogen) atoms. The molecule has 190 valence electrons. The number of hydrogen-bond donors (Lipinski definition) is 2. The summed E-state index contributed by atoms with van der Waals surface area (Å²) in [6, 6.07) is -0.292. The standard InChI is InChI=1S/C14H24N2O.C13H20N2O2/c1-4-13(9-15)16-10-12(6-5-11(2)3)7-8-14(16)17;1-3-5-6-10-7-8-12(16)15(9-10)11(4-2)13(14)17/h11-13H,4,7-10,15H2,1-3H3;10-11H,3-4,7-9H2,1-2H3,(H2,14,17). The normalized spacial score (nSPS) is 22.0. The van der Waals surface area contributed by atoms with Crippen LogP contribution in [0.25, 0.3) is 0 Å². The maximum atomic E-state index is 11.9. The molecule has 4 atom stereocenters. The van der Waals surface area contributed by atoms with E-state index in [-0.39, 0.29) is 23.8 Å². The highest BCUT2D eigenvalue weighted by atomic mass is 16.2. The molecule has 4 unspecified atom stereocenters. The van der Waals surface area contributed by atoms with E-state index in [1.807, 2.05) is 18.7 Å². The van der Waals surface area contributed by atoms with Crippen molar-refractivity contribution in [2.24, 2.45) is 29.2 Å². The summed E-state index contributed by atoms with van der Waals surface area (Å²) in [4.78, 5) is 38.5. The monoisotopic (exact) mass is 472 g/mol.